The van der Waals surface area contributed by atoms with Crippen LogP contribution in [0, 0.1) is 0 Å². The van der Waals surface area contributed by atoms with E-state index in [1.807, 2.05) is 0 Å². The summed E-state index contributed by atoms with van der Waals surface area (Å²) in [6.45, 7) is 0. The third-order valence-corrected chi connectivity index (χ3v) is 2.64. The number of nitrogens with zero attached hydrogens (tertiary/aromatic N) is 2. The van der Waals surface area contributed by atoms with Gasteiger partial charge in [-0.2, -0.15) is 0 Å². The molecule has 6 heteroatoms. The predicted octanol–water partition coefficient (Wildman–Crippen LogP) is -0.00400. The summed E-state index contributed by atoms with van der Waals surface area (Å²) >= 11 is 0. The molecule has 0 aliphatic heterocycles. The minimum atomic E-state index is -0.599. The molecule has 0 atom stereocenters. The standard InChI is InChI=1S/C10H11N3O3/c1-12-7-4-3-6(9(14)11-16)5-8(7)13(2)10(12)15/h3-5,16H,1-2H3,(H,11,14). The lowest BCUT2D eigenvalue weighted by atomic mass is 10.2. The van der Waals surface area contributed by atoms with Gasteiger partial charge in [0.1, 0.15) is 0 Å². The minimum absolute atomic E-state index is 0.156. The van der Waals surface area contributed by atoms with Crippen molar-refractivity contribution < 1.29 is 10.0 Å². The molecule has 0 spiro atoms. The Kier molecular flexibility index (Phi) is 2.28. The number of carbonyl (C=O) groups is 1. The average Bonchev–Trinajstić information content (AvgIpc) is 2.53. The van der Waals surface area contributed by atoms with Crippen molar-refractivity contribution in [3.63, 3.8) is 0 Å². The summed E-state index contributed by atoms with van der Waals surface area (Å²) in [5.41, 5.74) is 3.08. The van der Waals surface area contributed by atoms with E-state index in [9.17, 15) is 9.59 Å². The SMILES string of the molecule is Cn1c(=O)n(C)c2cc(C(=O)NO)ccc21. The number of hydrogen-bond acceptors (Lipinski definition) is 3. The Hall–Kier alpha value is -2.08. The second-order valence-corrected chi connectivity index (χ2v) is 3.55. The van der Waals surface area contributed by atoms with Crippen LogP contribution in [-0.2, 0) is 14.1 Å². The Morgan fingerprint density at radius 3 is 2.50 bits per heavy atom. The van der Waals surface area contributed by atoms with Crippen molar-refractivity contribution in [2.75, 3.05) is 0 Å². The second-order valence-electron chi connectivity index (χ2n) is 3.55. The number of benzene rings is 1. The maximum absolute atomic E-state index is 11.6. The molecule has 0 bridgehead atoms. The molecular weight excluding hydrogens is 210 g/mol. The van der Waals surface area contributed by atoms with Gasteiger partial charge in [0.05, 0.1) is 11.0 Å². The quantitative estimate of drug-likeness (QED) is 0.525. The number of aryl methyl sites for hydroxylation is 2. The van der Waals surface area contributed by atoms with E-state index in [0.29, 0.717) is 11.1 Å². The molecule has 84 valence electrons. The summed E-state index contributed by atoms with van der Waals surface area (Å²) in [7, 11) is 3.29. The Bertz CT molecular complexity index is 624. The molecule has 2 N–H and O–H groups in total. The highest BCUT2D eigenvalue weighted by molar-refractivity contribution is 5.96. The molecule has 1 amide bonds. The largest absolute Gasteiger partial charge is 0.328 e. The van der Waals surface area contributed by atoms with Crippen molar-refractivity contribution in [1.82, 2.24) is 14.6 Å². The van der Waals surface area contributed by atoms with E-state index in [2.05, 4.69) is 0 Å². The van der Waals surface area contributed by atoms with Crippen molar-refractivity contribution >= 4 is 16.9 Å². The Balaban J connectivity index is 2.76. The fourth-order valence-electron chi connectivity index (χ4n) is 1.71. The zero-order valence-electron chi connectivity index (χ0n) is 8.89. The van der Waals surface area contributed by atoms with Gasteiger partial charge < -0.3 is 0 Å². The molecule has 0 aliphatic carbocycles. The van der Waals surface area contributed by atoms with E-state index in [1.54, 1.807) is 37.8 Å². The molecule has 0 aliphatic rings. The molecule has 0 unspecified atom stereocenters. The molecule has 0 saturated carbocycles. The van der Waals surface area contributed by atoms with Crippen molar-refractivity contribution in [2.45, 2.75) is 0 Å². The summed E-state index contributed by atoms with van der Waals surface area (Å²) in [6.07, 6.45) is 0. The molecule has 2 rings (SSSR count). The first-order chi connectivity index (χ1) is 7.56. The third-order valence-electron chi connectivity index (χ3n) is 2.64. The lowest BCUT2D eigenvalue weighted by Crippen LogP contribution is -2.19. The number of imidazole rings is 1. The van der Waals surface area contributed by atoms with Crippen LogP contribution >= 0.6 is 0 Å². The number of amides is 1. The van der Waals surface area contributed by atoms with E-state index in [4.69, 9.17) is 5.21 Å². The Morgan fingerprint density at radius 2 is 1.88 bits per heavy atom. The Morgan fingerprint density at radius 1 is 1.25 bits per heavy atom. The Labute approximate surface area is 90.7 Å². The summed E-state index contributed by atoms with van der Waals surface area (Å²) in [6, 6.07) is 4.77. The highest BCUT2D eigenvalue weighted by Gasteiger charge is 2.10. The van der Waals surface area contributed by atoms with Crippen molar-refractivity contribution in [3.05, 3.63) is 34.2 Å². The summed E-state index contributed by atoms with van der Waals surface area (Å²) in [5, 5.41) is 8.52. The summed E-state index contributed by atoms with van der Waals surface area (Å²) < 4.78 is 2.94. The zero-order valence-corrected chi connectivity index (χ0v) is 8.89. The van der Waals surface area contributed by atoms with Crippen LogP contribution in [0.2, 0.25) is 0 Å². The van der Waals surface area contributed by atoms with Crippen molar-refractivity contribution in [2.24, 2.45) is 14.1 Å². The minimum Gasteiger partial charge on any atom is -0.295 e. The van der Waals surface area contributed by atoms with Gasteiger partial charge in [0.25, 0.3) is 5.91 Å². The number of hydroxylamine groups is 1. The molecule has 0 radical (unpaired) electrons. The van der Waals surface area contributed by atoms with E-state index in [-0.39, 0.29) is 5.69 Å². The van der Waals surface area contributed by atoms with Crippen LogP contribution in [0.5, 0.6) is 0 Å². The van der Waals surface area contributed by atoms with Crippen LogP contribution in [0.3, 0.4) is 0 Å². The van der Waals surface area contributed by atoms with Crippen LogP contribution in [0.25, 0.3) is 11.0 Å². The molecule has 0 saturated heterocycles. The van der Waals surface area contributed by atoms with Gasteiger partial charge in [-0.1, -0.05) is 0 Å². The van der Waals surface area contributed by atoms with E-state index in [0.717, 1.165) is 5.52 Å². The first kappa shape index (κ1) is 10.4. The zero-order chi connectivity index (χ0) is 11.9. The molecule has 16 heavy (non-hydrogen) atoms. The number of rotatable bonds is 1. The van der Waals surface area contributed by atoms with Gasteiger partial charge in [0, 0.05) is 19.7 Å². The van der Waals surface area contributed by atoms with Crippen LogP contribution < -0.4 is 11.2 Å². The number of hydrogen-bond donors (Lipinski definition) is 2. The lowest BCUT2D eigenvalue weighted by Gasteiger charge is -2.00. The molecule has 1 aromatic heterocycles. The first-order valence-corrected chi connectivity index (χ1v) is 4.66. The molecule has 1 heterocycles. The van der Waals surface area contributed by atoms with Gasteiger partial charge in [0.15, 0.2) is 0 Å². The smallest absolute Gasteiger partial charge is 0.295 e. The molecular formula is C10H11N3O3. The molecule has 6 nitrogen and oxygen atoms in total. The van der Waals surface area contributed by atoms with Gasteiger partial charge in [-0.15, -0.1) is 0 Å². The van der Waals surface area contributed by atoms with Crippen LogP contribution in [0.4, 0.5) is 0 Å². The van der Waals surface area contributed by atoms with Crippen molar-refractivity contribution in [1.29, 1.82) is 0 Å². The fourth-order valence-corrected chi connectivity index (χ4v) is 1.71. The fraction of sp³-hybridized carbons (Fsp3) is 0.200. The predicted molar refractivity (Wildman–Crippen MR) is 57.4 cm³/mol. The lowest BCUT2D eigenvalue weighted by molar-refractivity contribution is 0.0706. The van der Waals surface area contributed by atoms with Gasteiger partial charge in [-0.3, -0.25) is 19.1 Å². The summed E-state index contributed by atoms with van der Waals surface area (Å²) in [4.78, 5) is 22.8. The third kappa shape index (κ3) is 1.31. The van der Waals surface area contributed by atoms with E-state index in [1.165, 1.54) is 9.13 Å². The first-order valence-electron chi connectivity index (χ1n) is 4.66. The second kappa shape index (κ2) is 3.49. The highest BCUT2D eigenvalue weighted by atomic mass is 16.5. The topological polar surface area (TPSA) is 76.3 Å². The van der Waals surface area contributed by atoms with Gasteiger partial charge in [0.2, 0.25) is 0 Å². The maximum Gasteiger partial charge on any atom is 0.328 e. The number of carbonyl (C=O) groups excluding carboxylic acids is 1. The van der Waals surface area contributed by atoms with Crippen molar-refractivity contribution in [3.8, 4) is 0 Å². The van der Waals surface area contributed by atoms with Crippen LogP contribution in [-0.4, -0.2) is 20.2 Å². The maximum atomic E-state index is 11.6. The van der Waals surface area contributed by atoms with Gasteiger partial charge in [-0.25, -0.2) is 10.3 Å². The number of nitrogens with one attached hydrogen (secondary N) is 1. The van der Waals surface area contributed by atoms with E-state index < -0.39 is 5.91 Å². The number of fused-ring (bicyclic) bond motifs is 1. The van der Waals surface area contributed by atoms with Crippen LogP contribution in [0.15, 0.2) is 23.0 Å². The average molecular weight is 221 g/mol. The van der Waals surface area contributed by atoms with Gasteiger partial charge in [-0.05, 0) is 18.2 Å². The monoisotopic (exact) mass is 221 g/mol. The summed E-state index contributed by atoms with van der Waals surface area (Å²) in [5.74, 6) is -0.599. The normalized spacial score (nSPS) is 10.7. The van der Waals surface area contributed by atoms with Crippen LogP contribution in [0.1, 0.15) is 10.4 Å². The molecule has 0 fully saturated rings. The number of aromatic nitrogens is 2. The highest BCUT2D eigenvalue weighted by Crippen LogP contribution is 2.13. The van der Waals surface area contributed by atoms with Gasteiger partial charge >= 0.3 is 5.69 Å². The molecule has 1 aromatic carbocycles. The molecule has 2 aromatic rings. The van der Waals surface area contributed by atoms with E-state index >= 15 is 0 Å².